The Labute approximate surface area is 101 Å². The molecular weight excluding hydrogens is 241 g/mol. The molecule has 0 bridgehead atoms. The first kappa shape index (κ1) is 15.8. The fraction of sp³-hybridized carbons (Fsp3) is 0.364. The molecule has 17 heavy (non-hydrogen) atoms. The summed E-state index contributed by atoms with van der Waals surface area (Å²) in [6.45, 7) is 3.63. The molecule has 0 aliphatic carbocycles. The molecule has 0 amide bonds. The van der Waals surface area contributed by atoms with Crippen molar-refractivity contribution in [3.05, 3.63) is 35.9 Å². The highest BCUT2D eigenvalue weighted by molar-refractivity contribution is 7.47. The van der Waals surface area contributed by atoms with Crippen LogP contribution in [-0.2, 0) is 13.6 Å². The molecule has 1 rings (SSSR count). The lowest BCUT2D eigenvalue weighted by Crippen LogP contribution is -1.93. The molecule has 5 nitrogen and oxygen atoms in total. The Morgan fingerprint density at radius 2 is 1.71 bits per heavy atom. The van der Waals surface area contributed by atoms with Gasteiger partial charge in [0.25, 0.3) is 0 Å². The summed E-state index contributed by atoms with van der Waals surface area (Å²) in [6.07, 6.45) is 0. The van der Waals surface area contributed by atoms with Gasteiger partial charge in [-0.2, -0.15) is 5.26 Å². The lowest BCUT2D eigenvalue weighted by Gasteiger charge is -2.07. The van der Waals surface area contributed by atoms with Crippen LogP contribution in [0.4, 0.5) is 0 Å². The quantitative estimate of drug-likeness (QED) is 0.839. The van der Waals surface area contributed by atoms with Crippen molar-refractivity contribution in [3.8, 4) is 6.07 Å². The van der Waals surface area contributed by atoms with Crippen molar-refractivity contribution in [2.75, 3.05) is 13.2 Å². The first-order chi connectivity index (χ1) is 8.05. The summed E-state index contributed by atoms with van der Waals surface area (Å²) in [6, 6.07) is 11.2. The van der Waals surface area contributed by atoms with Crippen molar-refractivity contribution >= 4 is 7.82 Å². The molecule has 1 N–H and O–H groups in total. The van der Waals surface area contributed by atoms with E-state index in [9.17, 15) is 4.57 Å². The van der Waals surface area contributed by atoms with Crippen LogP contribution in [0.5, 0.6) is 0 Å². The van der Waals surface area contributed by atoms with Gasteiger partial charge in [-0.25, -0.2) is 4.57 Å². The second kappa shape index (κ2) is 8.91. The van der Waals surface area contributed by atoms with E-state index in [4.69, 9.17) is 10.2 Å². The summed E-state index contributed by atoms with van der Waals surface area (Å²) < 4.78 is 19.2. The smallest absolute Gasteiger partial charge is 0.302 e. The third-order valence-electron chi connectivity index (χ3n) is 1.49. The zero-order chi connectivity index (χ0) is 13.1. The largest absolute Gasteiger partial charge is 0.472 e. The molecule has 0 heterocycles. The zero-order valence-electron chi connectivity index (χ0n) is 9.87. The van der Waals surface area contributed by atoms with Gasteiger partial charge in [-0.05, 0) is 26.0 Å². The van der Waals surface area contributed by atoms with Crippen LogP contribution in [0.3, 0.4) is 0 Å². The molecule has 0 atom stereocenters. The number of rotatable bonds is 4. The predicted molar refractivity (Wildman–Crippen MR) is 64.2 cm³/mol. The van der Waals surface area contributed by atoms with Crippen LogP contribution in [-0.4, -0.2) is 18.1 Å². The van der Waals surface area contributed by atoms with Gasteiger partial charge in [-0.15, -0.1) is 0 Å². The standard InChI is InChI=1S/C7H5N.C4H11O4P/c8-6-7-4-2-1-3-5-7;1-3-7-9(5,6)8-4-2/h1-5H;3-4H2,1-2H3,(H,5,6). The van der Waals surface area contributed by atoms with Gasteiger partial charge >= 0.3 is 7.82 Å². The summed E-state index contributed by atoms with van der Waals surface area (Å²) in [5.74, 6) is 0. The van der Waals surface area contributed by atoms with Crippen LogP contribution < -0.4 is 0 Å². The average Bonchev–Trinajstić information content (AvgIpc) is 2.31. The fourth-order valence-corrected chi connectivity index (χ4v) is 1.60. The van der Waals surface area contributed by atoms with Crippen molar-refractivity contribution in [2.45, 2.75) is 13.8 Å². The Balaban J connectivity index is 0.000000302. The van der Waals surface area contributed by atoms with Crippen LogP contribution in [0, 0.1) is 11.3 Å². The van der Waals surface area contributed by atoms with Gasteiger partial charge in [0.15, 0.2) is 0 Å². The van der Waals surface area contributed by atoms with E-state index in [0.29, 0.717) is 5.56 Å². The monoisotopic (exact) mass is 257 g/mol. The Morgan fingerprint density at radius 1 is 1.24 bits per heavy atom. The predicted octanol–water partition coefficient (Wildman–Crippen LogP) is 2.72. The number of nitriles is 1. The summed E-state index contributed by atoms with van der Waals surface area (Å²) in [4.78, 5) is 8.63. The molecule has 1 aromatic rings. The zero-order valence-corrected chi connectivity index (χ0v) is 10.8. The fourth-order valence-electron chi connectivity index (χ4n) is 0.876. The lowest BCUT2D eigenvalue weighted by molar-refractivity contribution is 0.161. The van der Waals surface area contributed by atoms with E-state index < -0.39 is 7.82 Å². The minimum Gasteiger partial charge on any atom is -0.302 e. The first-order valence-electron chi connectivity index (χ1n) is 5.12. The van der Waals surface area contributed by atoms with E-state index in [0.717, 1.165) is 0 Å². The molecule has 0 fully saturated rings. The van der Waals surface area contributed by atoms with Gasteiger partial charge < -0.3 is 4.89 Å². The molecule has 0 unspecified atom stereocenters. The van der Waals surface area contributed by atoms with Crippen LogP contribution in [0.1, 0.15) is 19.4 Å². The summed E-state index contributed by atoms with van der Waals surface area (Å²) in [5.41, 5.74) is 0.715. The van der Waals surface area contributed by atoms with Crippen molar-refractivity contribution in [3.63, 3.8) is 0 Å². The molecule has 6 heteroatoms. The molecule has 0 spiro atoms. The van der Waals surface area contributed by atoms with E-state index in [1.807, 2.05) is 24.3 Å². The maximum Gasteiger partial charge on any atom is 0.472 e. The van der Waals surface area contributed by atoms with Crippen LogP contribution in [0.25, 0.3) is 0 Å². The van der Waals surface area contributed by atoms with Crippen molar-refractivity contribution in [1.82, 2.24) is 0 Å². The van der Waals surface area contributed by atoms with Gasteiger partial charge in [0.2, 0.25) is 0 Å². The van der Waals surface area contributed by atoms with Crippen LogP contribution >= 0.6 is 7.82 Å². The molecule has 0 aliphatic rings. The van der Waals surface area contributed by atoms with E-state index in [1.165, 1.54) is 0 Å². The van der Waals surface area contributed by atoms with Crippen LogP contribution in [0.15, 0.2) is 30.3 Å². The van der Waals surface area contributed by atoms with E-state index in [2.05, 4.69) is 9.05 Å². The van der Waals surface area contributed by atoms with Crippen molar-refractivity contribution in [2.24, 2.45) is 0 Å². The molecular formula is C11H16NO4P. The average molecular weight is 257 g/mol. The highest BCUT2D eigenvalue weighted by Gasteiger charge is 2.17. The molecule has 0 aromatic heterocycles. The van der Waals surface area contributed by atoms with Crippen LogP contribution in [0.2, 0.25) is 0 Å². The van der Waals surface area contributed by atoms with E-state index in [1.54, 1.807) is 26.0 Å². The third-order valence-corrected chi connectivity index (χ3v) is 2.66. The first-order valence-corrected chi connectivity index (χ1v) is 6.62. The Kier molecular flexibility index (Phi) is 8.29. The topological polar surface area (TPSA) is 79.6 Å². The van der Waals surface area contributed by atoms with Gasteiger partial charge in [-0.3, -0.25) is 9.05 Å². The summed E-state index contributed by atoms with van der Waals surface area (Å²) in [7, 11) is -3.69. The highest BCUT2D eigenvalue weighted by Crippen LogP contribution is 2.42. The number of hydrogen-bond donors (Lipinski definition) is 1. The molecule has 0 aliphatic heterocycles. The maximum absolute atomic E-state index is 10.5. The normalized spacial score (nSPS) is 10.0. The third kappa shape index (κ3) is 8.61. The molecule has 1 aromatic carbocycles. The Morgan fingerprint density at radius 3 is 2.00 bits per heavy atom. The van der Waals surface area contributed by atoms with Crippen molar-refractivity contribution in [1.29, 1.82) is 5.26 Å². The maximum atomic E-state index is 10.5. The summed E-state index contributed by atoms with van der Waals surface area (Å²) >= 11 is 0. The number of phosphoric ester groups is 1. The van der Waals surface area contributed by atoms with E-state index in [-0.39, 0.29) is 13.2 Å². The SMILES string of the molecule is CCOP(=O)(O)OCC.N#Cc1ccccc1. The Bertz CT molecular complexity index is 378. The molecule has 0 saturated heterocycles. The van der Waals surface area contributed by atoms with Gasteiger partial charge in [0, 0.05) is 0 Å². The molecule has 0 radical (unpaired) electrons. The second-order valence-corrected chi connectivity index (χ2v) is 4.24. The Hall–Kier alpha value is -1.18. The number of phosphoric acid groups is 1. The number of nitrogens with zero attached hydrogens (tertiary/aromatic N) is 1. The number of benzene rings is 1. The highest BCUT2D eigenvalue weighted by atomic mass is 31.2. The minimum atomic E-state index is -3.69. The molecule has 0 saturated carbocycles. The molecule has 94 valence electrons. The lowest BCUT2D eigenvalue weighted by atomic mass is 10.2. The van der Waals surface area contributed by atoms with Crippen molar-refractivity contribution < 1.29 is 18.5 Å². The number of hydrogen-bond acceptors (Lipinski definition) is 4. The van der Waals surface area contributed by atoms with Gasteiger partial charge in [0.1, 0.15) is 0 Å². The minimum absolute atomic E-state index is 0.188. The van der Waals surface area contributed by atoms with Gasteiger partial charge in [-0.1, -0.05) is 18.2 Å². The second-order valence-electron chi connectivity index (χ2n) is 2.78. The summed E-state index contributed by atoms with van der Waals surface area (Å²) in [5, 5.41) is 8.29. The van der Waals surface area contributed by atoms with Gasteiger partial charge in [0.05, 0.1) is 24.8 Å². The van der Waals surface area contributed by atoms with E-state index >= 15 is 0 Å².